The van der Waals surface area contributed by atoms with Gasteiger partial charge in [-0.25, -0.2) is 4.98 Å². The monoisotopic (exact) mass is 679 g/mol. The van der Waals surface area contributed by atoms with Crippen LogP contribution >= 0.6 is 0 Å². The molecule has 12 heteroatoms. The summed E-state index contributed by atoms with van der Waals surface area (Å²) in [6.45, 7) is 10.1. The molecule has 3 saturated carbocycles. The lowest BCUT2D eigenvalue weighted by molar-refractivity contribution is -0.145. The van der Waals surface area contributed by atoms with E-state index in [4.69, 9.17) is 0 Å². The maximum Gasteiger partial charge on any atom is 0.272 e. The normalized spacial score (nSPS) is 25.0. The molecule has 1 aromatic rings. The predicted molar refractivity (Wildman–Crippen MR) is 185 cm³/mol. The van der Waals surface area contributed by atoms with Crippen molar-refractivity contribution in [1.29, 1.82) is 0 Å². The summed E-state index contributed by atoms with van der Waals surface area (Å²) in [6.07, 6.45) is 15.1. The predicted octanol–water partition coefficient (Wildman–Crippen LogP) is 3.51. The third-order valence-electron chi connectivity index (χ3n) is 11.2. The van der Waals surface area contributed by atoms with Crippen LogP contribution < -0.4 is 21.3 Å². The number of hydrogen-bond donors (Lipinski definition) is 4. The van der Waals surface area contributed by atoms with E-state index in [9.17, 15) is 24.0 Å². The van der Waals surface area contributed by atoms with Gasteiger partial charge in [0.2, 0.25) is 23.6 Å². The van der Waals surface area contributed by atoms with Crippen LogP contribution in [0.4, 0.5) is 0 Å². The van der Waals surface area contributed by atoms with Crippen LogP contribution in [0.2, 0.25) is 0 Å². The van der Waals surface area contributed by atoms with Gasteiger partial charge < -0.3 is 26.2 Å². The van der Waals surface area contributed by atoms with Gasteiger partial charge in [0.05, 0.1) is 12.1 Å². The van der Waals surface area contributed by atoms with Crippen LogP contribution in [0.5, 0.6) is 0 Å². The minimum Gasteiger partial charge on any atom is -0.353 e. The summed E-state index contributed by atoms with van der Waals surface area (Å²) >= 11 is 0. The Morgan fingerprint density at radius 3 is 2.27 bits per heavy atom. The molecule has 1 saturated heterocycles. The molecule has 5 rings (SSSR count). The SMILES string of the molecule is CCCC(NC(=O)C1C2CCCC2CN1C(=O)C(NC(=O)C(NC(=O)c1cnccn1)C1CCCCC1)C(C)(C)C)C(C)C(=O)NC1CC1. The quantitative estimate of drug-likeness (QED) is 0.248. The molecule has 1 aliphatic heterocycles. The first kappa shape index (κ1) is 36.7. The standard InChI is InChI=1S/C37H57N7O5/c1-6-11-27(22(2)32(45)40-25-16-17-25)41-35(48)30-26-15-10-14-24(26)21-44(30)36(49)31(37(3,4)5)43-34(47)29(23-12-8-7-9-13-23)42-33(46)28-20-38-18-19-39-28/h18-20,22-27,29-31H,6-17,21H2,1-5H3,(H,40,45)(H,41,48)(H,42,46)(H,43,47). The summed E-state index contributed by atoms with van der Waals surface area (Å²) in [7, 11) is 0. The van der Waals surface area contributed by atoms with Crippen molar-refractivity contribution >= 4 is 29.5 Å². The van der Waals surface area contributed by atoms with Gasteiger partial charge in [-0.3, -0.25) is 29.0 Å². The fraction of sp³-hybridized carbons (Fsp3) is 0.757. The molecule has 7 unspecified atom stereocenters. The Hall–Kier alpha value is -3.57. The first-order valence-corrected chi connectivity index (χ1v) is 18.7. The number of likely N-dealkylation sites (tertiary alicyclic amines) is 1. The van der Waals surface area contributed by atoms with Crippen molar-refractivity contribution < 1.29 is 24.0 Å². The van der Waals surface area contributed by atoms with Crippen LogP contribution in [-0.2, 0) is 19.2 Å². The van der Waals surface area contributed by atoms with Gasteiger partial charge in [-0.05, 0) is 68.1 Å². The van der Waals surface area contributed by atoms with E-state index in [1.165, 1.54) is 18.6 Å². The molecule has 4 aliphatic rings. The topological polar surface area (TPSA) is 162 Å². The number of rotatable bonds is 13. The van der Waals surface area contributed by atoms with Crippen LogP contribution in [0.25, 0.3) is 0 Å². The van der Waals surface area contributed by atoms with Crippen molar-refractivity contribution in [1.82, 2.24) is 36.1 Å². The molecule has 0 aromatic carbocycles. The Morgan fingerprint density at radius 2 is 1.63 bits per heavy atom. The van der Waals surface area contributed by atoms with Crippen molar-refractivity contribution in [2.75, 3.05) is 6.54 Å². The average molecular weight is 680 g/mol. The average Bonchev–Trinajstić information content (AvgIpc) is 3.65. The van der Waals surface area contributed by atoms with Crippen LogP contribution in [0, 0.1) is 29.1 Å². The fourth-order valence-electron chi connectivity index (χ4n) is 8.18. The minimum atomic E-state index is -0.927. The molecule has 0 radical (unpaired) electrons. The summed E-state index contributed by atoms with van der Waals surface area (Å²) in [4.78, 5) is 79.1. The largest absolute Gasteiger partial charge is 0.353 e. The Bertz CT molecular complexity index is 1340. The Morgan fingerprint density at radius 1 is 0.898 bits per heavy atom. The molecule has 12 nitrogen and oxygen atoms in total. The van der Waals surface area contributed by atoms with E-state index in [2.05, 4.69) is 31.2 Å². The van der Waals surface area contributed by atoms with Crippen LogP contribution in [-0.4, -0.2) is 81.2 Å². The second-order valence-corrected chi connectivity index (χ2v) is 16.0. The highest BCUT2D eigenvalue weighted by Gasteiger charge is 2.52. The van der Waals surface area contributed by atoms with Gasteiger partial charge in [-0.2, -0.15) is 0 Å². The molecule has 0 bridgehead atoms. The lowest BCUT2D eigenvalue weighted by Gasteiger charge is -2.38. The number of nitrogens with zero attached hydrogens (tertiary/aromatic N) is 3. The molecule has 49 heavy (non-hydrogen) atoms. The maximum atomic E-state index is 14.7. The van der Waals surface area contributed by atoms with Crippen LogP contribution in [0.1, 0.15) is 122 Å². The van der Waals surface area contributed by atoms with E-state index in [1.807, 2.05) is 34.6 Å². The smallest absolute Gasteiger partial charge is 0.272 e. The van der Waals surface area contributed by atoms with Crippen LogP contribution in [0.3, 0.4) is 0 Å². The lowest BCUT2D eigenvalue weighted by atomic mass is 9.82. The molecular weight excluding hydrogens is 622 g/mol. The Balaban J connectivity index is 1.35. The molecule has 0 spiro atoms. The summed E-state index contributed by atoms with van der Waals surface area (Å²) in [5, 5.41) is 12.3. The third kappa shape index (κ3) is 8.97. The van der Waals surface area contributed by atoms with Crippen molar-refractivity contribution in [3.05, 3.63) is 24.3 Å². The minimum absolute atomic E-state index is 0.0272. The molecule has 5 amide bonds. The van der Waals surface area contributed by atoms with Gasteiger partial charge >= 0.3 is 0 Å². The summed E-state index contributed by atoms with van der Waals surface area (Å²) in [5.74, 6) is -1.69. The van der Waals surface area contributed by atoms with Gasteiger partial charge in [-0.15, -0.1) is 0 Å². The molecule has 7 atom stereocenters. The fourth-order valence-corrected chi connectivity index (χ4v) is 8.18. The molecule has 2 heterocycles. The van der Waals surface area contributed by atoms with Crippen molar-refractivity contribution in [3.8, 4) is 0 Å². The summed E-state index contributed by atoms with van der Waals surface area (Å²) in [6, 6.07) is -2.56. The zero-order valence-electron chi connectivity index (χ0n) is 30.0. The molecule has 4 fully saturated rings. The van der Waals surface area contributed by atoms with E-state index in [0.717, 1.165) is 70.6 Å². The number of amides is 5. The molecular formula is C37H57N7O5. The number of fused-ring (bicyclic) bond motifs is 1. The van der Waals surface area contributed by atoms with Gasteiger partial charge in [0, 0.05) is 31.0 Å². The van der Waals surface area contributed by atoms with Crippen molar-refractivity contribution in [2.45, 2.75) is 142 Å². The molecule has 4 N–H and O–H groups in total. The third-order valence-corrected chi connectivity index (χ3v) is 11.2. The van der Waals surface area contributed by atoms with Crippen molar-refractivity contribution in [3.63, 3.8) is 0 Å². The highest BCUT2D eigenvalue weighted by molar-refractivity contribution is 5.98. The van der Waals surface area contributed by atoms with Gasteiger partial charge in [0.15, 0.2) is 0 Å². The first-order chi connectivity index (χ1) is 23.4. The summed E-state index contributed by atoms with van der Waals surface area (Å²) in [5.41, 5.74) is -0.560. The zero-order chi connectivity index (χ0) is 35.3. The van der Waals surface area contributed by atoms with E-state index in [1.54, 1.807) is 4.90 Å². The molecule has 3 aliphatic carbocycles. The number of hydrogen-bond acceptors (Lipinski definition) is 7. The summed E-state index contributed by atoms with van der Waals surface area (Å²) < 4.78 is 0. The molecule has 270 valence electrons. The van der Waals surface area contributed by atoms with E-state index < -0.39 is 41.3 Å². The van der Waals surface area contributed by atoms with Gasteiger partial charge in [-0.1, -0.05) is 66.7 Å². The highest BCUT2D eigenvalue weighted by atomic mass is 16.2. The number of nitrogens with one attached hydrogen (secondary N) is 4. The first-order valence-electron chi connectivity index (χ1n) is 18.7. The Kier molecular flexibility index (Phi) is 12.0. The van der Waals surface area contributed by atoms with Crippen molar-refractivity contribution in [2.24, 2.45) is 29.1 Å². The highest BCUT2D eigenvalue weighted by Crippen LogP contribution is 2.43. The maximum absolute atomic E-state index is 14.7. The number of aromatic nitrogens is 2. The van der Waals surface area contributed by atoms with Gasteiger partial charge in [0.1, 0.15) is 23.8 Å². The number of carbonyl (C=O) groups is 5. The zero-order valence-corrected chi connectivity index (χ0v) is 30.0. The van der Waals surface area contributed by atoms with E-state index in [0.29, 0.717) is 13.0 Å². The lowest BCUT2D eigenvalue weighted by Crippen LogP contribution is -2.62. The second-order valence-electron chi connectivity index (χ2n) is 16.0. The second kappa shape index (κ2) is 16.0. The van der Waals surface area contributed by atoms with E-state index in [-0.39, 0.29) is 53.3 Å². The van der Waals surface area contributed by atoms with Crippen LogP contribution in [0.15, 0.2) is 18.6 Å². The van der Waals surface area contributed by atoms with E-state index >= 15 is 0 Å². The number of carbonyl (C=O) groups excluding carboxylic acids is 5. The Labute approximate surface area is 291 Å². The van der Waals surface area contributed by atoms with Gasteiger partial charge in [0.25, 0.3) is 5.91 Å². The molecule has 1 aromatic heterocycles.